The molecule has 0 aliphatic heterocycles. The van der Waals surface area contributed by atoms with E-state index in [1.807, 2.05) is 57.1 Å². The van der Waals surface area contributed by atoms with Gasteiger partial charge in [-0.3, -0.25) is 14.8 Å². The predicted molar refractivity (Wildman–Crippen MR) is 130 cm³/mol. The number of unbranched alkanes of at least 4 members (excludes halogenated alkanes) is 1. The van der Waals surface area contributed by atoms with Gasteiger partial charge in [-0.1, -0.05) is 51.5 Å². The Hall–Kier alpha value is -3.36. The highest BCUT2D eigenvalue weighted by atomic mass is 16.5. The second-order valence-corrected chi connectivity index (χ2v) is 6.81. The molecule has 8 heteroatoms. The van der Waals surface area contributed by atoms with Crippen LogP contribution in [-0.2, 0) is 6.54 Å². The van der Waals surface area contributed by atoms with Gasteiger partial charge in [0.2, 0.25) is 0 Å². The van der Waals surface area contributed by atoms with Crippen LogP contribution in [0.5, 0.6) is 5.75 Å². The van der Waals surface area contributed by atoms with Crippen molar-refractivity contribution >= 4 is 11.8 Å². The number of hydrogen-bond donors (Lipinski definition) is 3. The predicted octanol–water partition coefficient (Wildman–Crippen LogP) is 4.58. The average molecular weight is 460 g/mol. The molecule has 2 rings (SSSR count). The fourth-order valence-corrected chi connectivity index (χ4v) is 2.39. The van der Waals surface area contributed by atoms with Gasteiger partial charge in [0, 0.05) is 17.7 Å². The van der Waals surface area contributed by atoms with Crippen molar-refractivity contribution in [2.24, 2.45) is 5.73 Å². The first-order valence-corrected chi connectivity index (χ1v) is 10.9. The zero-order chi connectivity index (χ0) is 25.1. The van der Waals surface area contributed by atoms with Gasteiger partial charge in [-0.05, 0) is 50.8 Å². The largest absolute Gasteiger partial charge is 0.494 e. The summed E-state index contributed by atoms with van der Waals surface area (Å²) in [5, 5.41) is 8.40. The van der Waals surface area contributed by atoms with Crippen LogP contribution in [0.25, 0.3) is 0 Å². The summed E-state index contributed by atoms with van der Waals surface area (Å²) in [6.07, 6.45) is 3.54. The van der Waals surface area contributed by atoms with Crippen LogP contribution in [0.2, 0.25) is 0 Å². The Bertz CT molecular complexity index is 862. The highest BCUT2D eigenvalue weighted by Crippen LogP contribution is 2.12. The monoisotopic (exact) mass is 459 g/mol. The second-order valence-electron chi connectivity index (χ2n) is 6.81. The van der Waals surface area contributed by atoms with Crippen LogP contribution < -0.4 is 16.0 Å². The third-order valence-corrected chi connectivity index (χ3v) is 3.88. The van der Waals surface area contributed by atoms with Crippen LogP contribution in [0, 0.1) is 0 Å². The number of nitrogens with two attached hydrogens (primary N) is 1. The van der Waals surface area contributed by atoms with E-state index in [1.54, 1.807) is 35.8 Å². The van der Waals surface area contributed by atoms with Crippen molar-refractivity contribution in [3.8, 4) is 5.75 Å². The Morgan fingerprint density at radius 3 is 2.24 bits per heavy atom. The number of benzene rings is 1. The maximum Gasteiger partial charge on any atom is 0.284 e. The lowest BCUT2D eigenvalue weighted by atomic mass is 10.2. The highest BCUT2D eigenvalue weighted by Gasteiger charge is 2.09. The van der Waals surface area contributed by atoms with E-state index < -0.39 is 11.8 Å². The molecule has 33 heavy (non-hydrogen) atoms. The van der Waals surface area contributed by atoms with Crippen LogP contribution in [0.4, 0.5) is 0 Å². The van der Waals surface area contributed by atoms with E-state index >= 15 is 0 Å². The third kappa shape index (κ3) is 12.9. The lowest BCUT2D eigenvalue weighted by molar-refractivity contribution is 0.0706. The lowest BCUT2D eigenvalue weighted by Gasteiger charge is -2.09. The van der Waals surface area contributed by atoms with E-state index in [9.17, 15) is 9.59 Å². The summed E-state index contributed by atoms with van der Waals surface area (Å²) >= 11 is 0. The molecule has 0 spiro atoms. The number of nitrogens with one attached hydrogen (secondary N) is 1. The van der Waals surface area contributed by atoms with Gasteiger partial charge in [-0.25, -0.2) is 5.48 Å². The Balaban J connectivity index is 0.000000578. The van der Waals surface area contributed by atoms with Crippen molar-refractivity contribution in [1.29, 1.82) is 0 Å². The first kappa shape index (κ1) is 29.6. The SMILES string of the molecule is CC.CCCCOc1ccc(C(=O)NO)cc1.CN(C)Cc1ccccccoc1C(N)=O. The van der Waals surface area contributed by atoms with Gasteiger partial charge in [-0.2, -0.15) is 0 Å². The van der Waals surface area contributed by atoms with Gasteiger partial charge in [0.05, 0.1) is 12.9 Å². The average Bonchev–Trinajstić information content (AvgIpc) is 2.93. The first-order chi connectivity index (χ1) is 15.9. The van der Waals surface area contributed by atoms with Crippen LogP contribution in [0.3, 0.4) is 0 Å². The molecule has 0 bridgehead atoms. The summed E-state index contributed by atoms with van der Waals surface area (Å²) in [7, 11) is 3.83. The summed E-state index contributed by atoms with van der Waals surface area (Å²) in [5.74, 6) is -0.161. The summed E-state index contributed by atoms with van der Waals surface area (Å²) in [5.41, 5.74) is 8.01. The fraction of sp³-hybridized carbons (Fsp3) is 0.360. The molecule has 1 heterocycles. The van der Waals surface area contributed by atoms with Crippen LogP contribution in [0.15, 0.2) is 65.3 Å². The molecule has 0 atom stereocenters. The molecule has 0 radical (unpaired) electrons. The van der Waals surface area contributed by atoms with Crippen molar-refractivity contribution in [2.75, 3.05) is 20.7 Å². The summed E-state index contributed by atoms with van der Waals surface area (Å²) in [4.78, 5) is 24.2. The number of nitrogens with zero attached hydrogens (tertiary/aromatic N) is 1. The number of hydroxylamine groups is 1. The van der Waals surface area contributed by atoms with E-state index in [4.69, 9.17) is 20.1 Å². The summed E-state index contributed by atoms with van der Waals surface area (Å²) in [6.45, 7) is 7.37. The van der Waals surface area contributed by atoms with Gasteiger partial charge in [0.15, 0.2) is 5.76 Å². The standard InChI is InChI=1S/C12H16N2O2.C11H15NO3.C2H6/c1-14(2)9-10-7-5-3-4-6-8-16-11(10)12(13)15;1-2-3-8-15-10-6-4-9(5-7-10)11(13)12-14;1-2/h3-8H,9H2,1-2H3,(H2,13,15);4-7,14H,2-3,8H2,1H3,(H,12,13);1-2H3. The van der Waals surface area contributed by atoms with Gasteiger partial charge in [-0.15, -0.1) is 0 Å². The van der Waals surface area contributed by atoms with E-state index in [0.717, 1.165) is 24.2 Å². The highest BCUT2D eigenvalue weighted by molar-refractivity contribution is 5.93. The number of carbonyl (C=O) groups excluding carboxylic acids is 2. The number of primary amides is 1. The van der Waals surface area contributed by atoms with Crippen molar-refractivity contribution in [2.45, 2.75) is 40.2 Å². The quantitative estimate of drug-likeness (QED) is 0.302. The molecular formula is C25H37N3O5. The normalized spacial score (nSPS) is 9.42. The van der Waals surface area contributed by atoms with Crippen molar-refractivity contribution in [3.05, 3.63) is 77.7 Å². The van der Waals surface area contributed by atoms with E-state index in [1.165, 1.54) is 6.26 Å². The topological polar surface area (TPSA) is 118 Å². The molecule has 4 N–H and O–H groups in total. The number of ether oxygens (including phenoxy) is 1. The zero-order valence-corrected chi connectivity index (χ0v) is 20.2. The van der Waals surface area contributed by atoms with Crippen molar-refractivity contribution in [1.82, 2.24) is 10.4 Å². The molecule has 8 nitrogen and oxygen atoms in total. The minimum Gasteiger partial charge on any atom is -0.494 e. The van der Waals surface area contributed by atoms with Gasteiger partial charge in [0.25, 0.3) is 11.8 Å². The Morgan fingerprint density at radius 1 is 1.06 bits per heavy atom. The molecule has 1 aromatic carbocycles. The minimum absolute atomic E-state index is 0.185. The number of carbonyl (C=O) groups is 2. The maximum atomic E-state index is 11.3. The summed E-state index contributed by atoms with van der Waals surface area (Å²) in [6, 6.07) is 15.7. The first-order valence-electron chi connectivity index (χ1n) is 10.9. The van der Waals surface area contributed by atoms with Crippen LogP contribution in [0.1, 0.15) is 60.1 Å². The van der Waals surface area contributed by atoms with Crippen LogP contribution in [-0.4, -0.2) is 42.6 Å². The molecular weight excluding hydrogens is 422 g/mol. The van der Waals surface area contributed by atoms with E-state index in [0.29, 0.717) is 18.7 Å². The van der Waals surface area contributed by atoms with Gasteiger partial charge < -0.3 is 19.8 Å². The molecule has 2 aromatic rings. The Morgan fingerprint density at radius 2 is 1.70 bits per heavy atom. The molecule has 1 aromatic heterocycles. The van der Waals surface area contributed by atoms with Gasteiger partial charge in [0.1, 0.15) is 5.75 Å². The fourth-order valence-electron chi connectivity index (χ4n) is 2.39. The number of hydrogen-bond acceptors (Lipinski definition) is 6. The number of rotatable bonds is 8. The molecule has 0 saturated carbocycles. The summed E-state index contributed by atoms with van der Waals surface area (Å²) < 4.78 is 10.7. The Kier molecular flexibility index (Phi) is 16.4. The third-order valence-electron chi connectivity index (χ3n) is 3.88. The van der Waals surface area contributed by atoms with Crippen LogP contribution >= 0.6 is 0 Å². The smallest absolute Gasteiger partial charge is 0.284 e. The molecule has 0 unspecified atom stereocenters. The molecule has 0 aliphatic rings. The lowest BCUT2D eigenvalue weighted by Crippen LogP contribution is -2.18. The zero-order valence-electron chi connectivity index (χ0n) is 20.2. The van der Waals surface area contributed by atoms with Gasteiger partial charge >= 0.3 is 0 Å². The number of amides is 2. The molecule has 2 amide bonds. The minimum atomic E-state index is -0.562. The maximum absolute atomic E-state index is 11.3. The molecule has 0 saturated heterocycles. The molecule has 0 aliphatic carbocycles. The van der Waals surface area contributed by atoms with E-state index in [-0.39, 0.29) is 5.76 Å². The van der Waals surface area contributed by atoms with E-state index in [2.05, 4.69) is 6.92 Å². The Labute approximate surface area is 196 Å². The molecule has 0 fully saturated rings. The molecule has 182 valence electrons. The van der Waals surface area contributed by atoms with Crippen molar-refractivity contribution in [3.63, 3.8) is 0 Å². The second kappa shape index (κ2) is 18.2. The van der Waals surface area contributed by atoms with Crippen molar-refractivity contribution < 1.29 is 24.0 Å².